The number of thiazole rings is 2. The minimum atomic E-state index is -0.463. The highest BCUT2D eigenvalue weighted by atomic mass is 35.5. The monoisotopic (exact) mass is 483 g/mol. The van der Waals surface area contributed by atoms with Crippen LogP contribution in [-0.2, 0) is 16.0 Å². The van der Waals surface area contributed by atoms with E-state index in [0.717, 1.165) is 27.5 Å². The van der Waals surface area contributed by atoms with E-state index in [0.29, 0.717) is 26.4 Å². The molecule has 4 rings (SSSR count). The molecule has 0 unspecified atom stereocenters. The van der Waals surface area contributed by atoms with Gasteiger partial charge in [0.05, 0.1) is 24.4 Å². The molecule has 1 amide bonds. The Balaban J connectivity index is 1.50. The summed E-state index contributed by atoms with van der Waals surface area (Å²) in [4.78, 5) is 34.4. The maximum atomic E-state index is 12.6. The lowest BCUT2D eigenvalue weighted by atomic mass is 10.1. The Morgan fingerprint density at radius 3 is 2.59 bits per heavy atom. The van der Waals surface area contributed by atoms with Gasteiger partial charge in [0.25, 0.3) is 0 Å². The lowest BCUT2D eigenvalue weighted by molar-refractivity contribution is -0.115. The van der Waals surface area contributed by atoms with Crippen molar-refractivity contribution in [1.82, 2.24) is 9.97 Å². The molecule has 0 saturated carbocycles. The van der Waals surface area contributed by atoms with Crippen LogP contribution in [0, 0.1) is 0 Å². The van der Waals surface area contributed by atoms with Gasteiger partial charge >= 0.3 is 5.97 Å². The summed E-state index contributed by atoms with van der Waals surface area (Å²) in [5, 5.41) is 6.38. The highest BCUT2D eigenvalue weighted by molar-refractivity contribution is 7.18. The third kappa shape index (κ3) is 5.21. The Morgan fingerprint density at radius 2 is 1.84 bits per heavy atom. The van der Waals surface area contributed by atoms with E-state index in [9.17, 15) is 9.59 Å². The molecular formula is C23H18ClN3O3S2. The van der Waals surface area contributed by atoms with Crippen LogP contribution in [0.2, 0.25) is 5.02 Å². The van der Waals surface area contributed by atoms with E-state index in [1.54, 1.807) is 13.0 Å². The SMILES string of the molecule is CCOC(=O)c1sc(NC(=O)Cc2csc(-c3cccc(Cl)c3)n2)nc1-c1ccccc1. The highest BCUT2D eigenvalue weighted by Crippen LogP contribution is 2.32. The molecule has 0 bridgehead atoms. The van der Waals surface area contributed by atoms with Gasteiger partial charge in [-0.15, -0.1) is 11.3 Å². The van der Waals surface area contributed by atoms with E-state index in [2.05, 4.69) is 15.3 Å². The van der Waals surface area contributed by atoms with E-state index in [-0.39, 0.29) is 18.9 Å². The number of benzene rings is 2. The van der Waals surface area contributed by atoms with E-state index >= 15 is 0 Å². The number of nitrogens with zero attached hydrogens (tertiary/aromatic N) is 2. The first kappa shape index (κ1) is 22.1. The summed E-state index contributed by atoms with van der Waals surface area (Å²) < 4.78 is 5.16. The van der Waals surface area contributed by atoms with Crippen LogP contribution in [0.25, 0.3) is 21.8 Å². The van der Waals surface area contributed by atoms with Gasteiger partial charge in [-0.3, -0.25) is 4.79 Å². The second-order valence-electron chi connectivity index (χ2n) is 6.66. The second-order valence-corrected chi connectivity index (χ2v) is 8.96. The number of halogens is 1. The number of amides is 1. The molecule has 0 fully saturated rings. The summed E-state index contributed by atoms with van der Waals surface area (Å²) in [5.41, 5.74) is 2.81. The van der Waals surface area contributed by atoms with Crippen LogP contribution in [-0.4, -0.2) is 28.5 Å². The molecule has 1 N–H and O–H groups in total. The van der Waals surface area contributed by atoms with Crippen LogP contribution >= 0.6 is 34.3 Å². The second kappa shape index (κ2) is 10.0. The fourth-order valence-electron chi connectivity index (χ4n) is 2.97. The highest BCUT2D eigenvalue weighted by Gasteiger charge is 2.21. The molecule has 4 aromatic rings. The van der Waals surface area contributed by atoms with Crippen molar-refractivity contribution in [3.8, 4) is 21.8 Å². The van der Waals surface area contributed by atoms with E-state index in [1.165, 1.54) is 11.3 Å². The Labute approximate surface area is 197 Å². The maximum Gasteiger partial charge on any atom is 0.350 e. The quantitative estimate of drug-likeness (QED) is 0.329. The third-order valence-electron chi connectivity index (χ3n) is 4.35. The van der Waals surface area contributed by atoms with Crippen molar-refractivity contribution in [2.24, 2.45) is 0 Å². The van der Waals surface area contributed by atoms with Gasteiger partial charge in [0, 0.05) is 21.5 Å². The van der Waals surface area contributed by atoms with Gasteiger partial charge < -0.3 is 10.1 Å². The zero-order valence-electron chi connectivity index (χ0n) is 17.0. The van der Waals surface area contributed by atoms with E-state index < -0.39 is 5.97 Å². The van der Waals surface area contributed by atoms with Crippen molar-refractivity contribution < 1.29 is 14.3 Å². The molecule has 32 heavy (non-hydrogen) atoms. The average Bonchev–Trinajstić information content (AvgIpc) is 3.42. The number of anilines is 1. The van der Waals surface area contributed by atoms with Gasteiger partial charge in [0.15, 0.2) is 5.13 Å². The van der Waals surface area contributed by atoms with Crippen LogP contribution in [0.3, 0.4) is 0 Å². The van der Waals surface area contributed by atoms with Gasteiger partial charge in [-0.05, 0) is 19.1 Å². The van der Waals surface area contributed by atoms with Gasteiger partial charge in [-0.1, -0.05) is 65.4 Å². The van der Waals surface area contributed by atoms with Gasteiger partial charge in [0.1, 0.15) is 9.88 Å². The first-order chi connectivity index (χ1) is 15.5. The molecule has 0 aliphatic rings. The van der Waals surface area contributed by atoms with Crippen molar-refractivity contribution in [3.05, 3.63) is 75.6 Å². The maximum absolute atomic E-state index is 12.6. The summed E-state index contributed by atoms with van der Waals surface area (Å²) in [6, 6.07) is 16.7. The summed E-state index contributed by atoms with van der Waals surface area (Å²) in [5.74, 6) is -0.730. The lowest BCUT2D eigenvalue weighted by Crippen LogP contribution is -2.14. The molecule has 9 heteroatoms. The Bertz CT molecular complexity index is 1250. The van der Waals surface area contributed by atoms with Crippen LogP contribution in [0.15, 0.2) is 60.0 Å². The molecule has 162 valence electrons. The van der Waals surface area contributed by atoms with Crippen molar-refractivity contribution in [3.63, 3.8) is 0 Å². The number of carbonyl (C=O) groups is 2. The molecule has 0 radical (unpaired) electrons. The zero-order valence-corrected chi connectivity index (χ0v) is 19.4. The molecule has 0 aliphatic heterocycles. The fourth-order valence-corrected chi connectivity index (χ4v) is 4.88. The first-order valence-corrected chi connectivity index (χ1v) is 11.8. The van der Waals surface area contributed by atoms with Crippen molar-refractivity contribution in [2.45, 2.75) is 13.3 Å². The Hall–Kier alpha value is -3.07. The summed E-state index contributed by atoms with van der Waals surface area (Å²) in [6.07, 6.45) is 0.0893. The van der Waals surface area contributed by atoms with Crippen LogP contribution in [0.4, 0.5) is 5.13 Å². The minimum Gasteiger partial charge on any atom is -0.462 e. The standard InChI is InChI=1S/C23H18ClN3O3S2/c1-2-30-22(29)20-19(14-7-4-3-5-8-14)27-23(32-20)26-18(28)12-17-13-31-21(25-17)15-9-6-10-16(24)11-15/h3-11,13H,2,12H2,1H3,(H,26,27,28). The smallest absolute Gasteiger partial charge is 0.350 e. The molecular weight excluding hydrogens is 466 g/mol. The largest absolute Gasteiger partial charge is 0.462 e. The van der Waals surface area contributed by atoms with E-state index in [4.69, 9.17) is 16.3 Å². The fraction of sp³-hybridized carbons (Fsp3) is 0.130. The number of esters is 1. The van der Waals surface area contributed by atoms with Gasteiger partial charge in [0.2, 0.25) is 5.91 Å². The molecule has 0 saturated heterocycles. The molecule has 2 heterocycles. The predicted octanol–water partition coefficient (Wildman–Crippen LogP) is 5.94. The summed E-state index contributed by atoms with van der Waals surface area (Å²) >= 11 is 8.59. The lowest BCUT2D eigenvalue weighted by Gasteiger charge is -2.01. The predicted molar refractivity (Wildman–Crippen MR) is 128 cm³/mol. The third-order valence-corrected chi connectivity index (χ3v) is 6.47. The van der Waals surface area contributed by atoms with Crippen molar-refractivity contribution in [1.29, 1.82) is 0 Å². The van der Waals surface area contributed by atoms with Crippen LogP contribution in [0.5, 0.6) is 0 Å². The Morgan fingerprint density at radius 1 is 1.06 bits per heavy atom. The zero-order chi connectivity index (χ0) is 22.5. The topological polar surface area (TPSA) is 81.2 Å². The van der Waals surface area contributed by atoms with Gasteiger partial charge in [-0.25, -0.2) is 14.8 Å². The normalized spacial score (nSPS) is 10.7. The van der Waals surface area contributed by atoms with Crippen LogP contribution < -0.4 is 5.32 Å². The summed E-state index contributed by atoms with van der Waals surface area (Å²) in [7, 11) is 0. The number of nitrogens with one attached hydrogen (secondary N) is 1. The number of aromatic nitrogens is 2. The number of hydrogen-bond acceptors (Lipinski definition) is 7. The van der Waals surface area contributed by atoms with Crippen molar-refractivity contribution >= 4 is 51.3 Å². The number of ether oxygens (including phenoxy) is 1. The number of carbonyl (C=O) groups excluding carboxylic acids is 2. The Kier molecular flexibility index (Phi) is 6.94. The van der Waals surface area contributed by atoms with E-state index in [1.807, 2.05) is 53.9 Å². The average molecular weight is 484 g/mol. The molecule has 2 aromatic heterocycles. The molecule has 0 atom stereocenters. The molecule has 2 aromatic carbocycles. The first-order valence-electron chi connectivity index (χ1n) is 9.77. The molecule has 0 aliphatic carbocycles. The number of hydrogen-bond donors (Lipinski definition) is 1. The molecule has 0 spiro atoms. The number of rotatable bonds is 7. The van der Waals surface area contributed by atoms with Crippen LogP contribution in [0.1, 0.15) is 22.3 Å². The minimum absolute atomic E-state index is 0.0893. The van der Waals surface area contributed by atoms with Crippen molar-refractivity contribution in [2.75, 3.05) is 11.9 Å². The summed E-state index contributed by atoms with van der Waals surface area (Å²) in [6.45, 7) is 2.00. The van der Waals surface area contributed by atoms with Gasteiger partial charge in [-0.2, -0.15) is 0 Å². The molecule has 6 nitrogen and oxygen atoms in total.